The molecular weight excluding hydrogens is 762 g/mol. The first-order valence-electron chi connectivity index (χ1n) is 15.5. The van der Waals surface area contributed by atoms with E-state index in [4.69, 9.17) is 19.5 Å². The van der Waals surface area contributed by atoms with Gasteiger partial charge in [-0.05, 0) is 42.3 Å². The Morgan fingerprint density at radius 1 is 0.681 bits per heavy atom. The average Bonchev–Trinajstić information content (AvgIpc) is 3.65. The van der Waals surface area contributed by atoms with Gasteiger partial charge in [0.25, 0.3) is 0 Å². The zero-order chi connectivity index (χ0) is 31.2. The molecule has 0 saturated heterocycles. The van der Waals surface area contributed by atoms with Crippen molar-refractivity contribution in [3.05, 3.63) is 167 Å². The number of aliphatic imine (C=N–C) groups is 1. The summed E-state index contributed by atoms with van der Waals surface area (Å²) in [6, 6.07) is 46.1. The van der Waals surface area contributed by atoms with Crippen LogP contribution in [-0.2, 0) is 25.8 Å². The number of rotatable bonds is 6. The third-order valence-electron chi connectivity index (χ3n) is 8.39. The summed E-state index contributed by atoms with van der Waals surface area (Å²) in [5.74, 6) is 1.72. The summed E-state index contributed by atoms with van der Waals surface area (Å²) in [6.45, 7) is 6.22. The molecule has 232 valence electrons. The molecule has 0 fully saturated rings. The van der Waals surface area contributed by atoms with Gasteiger partial charge < -0.3 is 14.0 Å². The first-order chi connectivity index (χ1) is 22.5. The summed E-state index contributed by atoms with van der Waals surface area (Å²) in [7, 11) is 0. The van der Waals surface area contributed by atoms with Crippen LogP contribution in [0.25, 0.3) is 27.6 Å². The Morgan fingerprint density at radius 2 is 1.38 bits per heavy atom. The zero-order valence-electron chi connectivity index (χ0n) is 26.2. The zero-order valence-corrected chi connectivity index (χ0v) is 28.4. The second-order valence-corrected chi connectivity index (χ2v) is 11.9. The van der Waals surface area contributed by atoms with Gasteiger partial charge in [-0.1, -0.05) is 110 Å². The molecule has 1 aliphatic rings. The van der Waals surface area contributed by atoms with Crippen LogP contribution < -0.4 is 4.74 Å². The van der Waals surface area contributed by atoms with Crippen molar-refractivity contribution in [3.8, 4) is 17.2 Å². The van der Waals surface area contributed by atoms with Gasteiger partial charge in [0.2, 0.25) is 0 Å². The van der Waals surface area contributed by atoms with Gasteiger partial charge in [-0.25, -0.2) is 4.98 Å². The van der Waals surface area contributed by atoms with Crippen LogP contribution in [-0.4, -0.2) is 15.4 Å². The summed E-state index contributed by atoms with van der Waals surface area (Å²) in [6.07, 6.45) is 1.59. The molecule has 8 rings (SSSR count). The van der Waals surface area contributed by atoms with E-state index in [0.717, 1.165) is 55.4 Å². The van der Waals surface area contributed by atoms with Crippen LogP contribution in [0.4, 0.5) is 0 Å². The number of fused-ring (bicyclic) bond motifs is 3. The molecule has 0 spiro atoms. The number of aromatic nitrogens is 2. The maximum absolute atomic E-state index is 6.58. The molecule has 0 unspecified atom stereocenters. The monoisotopic (exact) mass is 792 g/mol. The van der Waals surface area contributed by atoms with Crippen molar-refractivity contribution >= 4 is 27.8 Å². The smallest absolute Gasteiger partial charge is 0.510 e. The van der Waals surface area contributed by atoms with Crippen LogP contribution in [0.2, 0.25) is 0 Å². The van der Waals surface area contributed by atoms with Gasteiger partial charge in [0.05, 0.1) is 5.52 Å². The quantitative estimate of drug-likeness (QED) is 0.158. The maximum atomic E-state index is 6.58. The first kappa shape index (κ1) is 30.7. The SMILES string of the molecule is Cc1cc(Oc2[c-]c(-n3c4ccc(C)cc4c4cccnc43)cc(C)c2)[c-]c(C2=N[C@H](c3ccccc3)[C@@H](c3ccccc3)O2)c1.[Pt+2]. The van der Waals surface area contributed by atoms with Gasteiger partial charge in [0.15, 0.2) is 0 Å². The van der Waals surface area contributed by atoms with Gasteiger partial charge in [-0.3, -0.25) is 4.99 Å². The number of nitrogens with zero attached hydrogens (tertiary/aromatic N) is 3. The molecule has 5 aromatic carbocycles. The van der Waals surface area contributed by atoms with Crippen LogP contribution in [0.5, 0.6) is 11.5 Å². The molecule has 7 aromatic rings. The molecule has 0 bridgehead atoms. The third-order valence-corrected chi connectivity index (χ3v) is 8.39. The Kier molecular flexibility index (Phi) is 8.26. The molecule has 6 heteroatoms. The number of ether oxygens (including phenoxy) is 2. The molecule has 47 heavy (non-hydrogen) atoms. The van der Waals surface area contributed by atoms with E-state index in [2.05, 4.69) is 85.1 Å². The summed E-state index contributed by atoms with van der Waals surface area (Å²) in [4.78, 5) is 9.85. The van der Waals surface area contributed by atoms with E-state index in [1.165, 1.54) is 5.56 Å². The predicted molar refractivity (Wildman–Crippen MR) is 183 cm³/mol. The van der Waals surface area contributed by atoms with Gasteiger partial charge in [-0.15, -0.1) is 29.8 Å². The Morgan fingerprint density at radius 3 is 2.15 bits per heavy atom. The van der Waals surface area contributed by atoms with Crippen LogP contribution in [0, 0.1) is 32.9 Å². The molecule has 2 aromatic heterocycles. The minimum absolute atomic E-state index is 0. The van der Waals surface area contributed by atoms with Crippen LogP contribution >= 0.6 is 0 Å². The number of pyridine rings is 1. The van der Waals surface area contributed by atoms with E-state index in [-0.39, 0.29) is 33.2 Å². The normalized spacial score (nSPS) is 15.7. The number of aryl methyl sites for hydroxylation is 3. The van der Waals surface area contributed by atoms with Crippen molar-refractivity contribution in [1.82, 2.24) is 9.55 Å². The fraction of sp³-hybridized carbons (Fsp3) is 0.122. The number of benzene rings is 5. The minimum atomic E-state index is -0.242. The van der Waals surface area contributed by atoms with E-state index in [0.29, 0.717) is 17.4 Å². The standard InChI is InChI=1S/C41H31N3O2.Pt/c1-26-16-17-37-36(23-26)35-15-10-18-42-40(35)44(37)32-20-28(3)22-34(25-32)45-33-21-27(2)19-31(24-33)41-43-38(29-11-6-4-7-12-29)39(46-41)30-13-8-5-9-14-30;/h4-23,38-39H,1-3H3;/q-2;+2/t38-,39-;/m1./s1. The fourth-order valence-corrected chi connectivity index (χ4v) is 6.35. The molecule has 0 amide bonds. The molecule has 0 N–H and O–H groups in total. The topological polar surface area (TPSA) is 48.6 Å². The second kappa shape index (κ2) is 12.7. The summed E-state index contributed by atoms with van der Waals surface area (Å²) < 4.78 is 15.2. The van der Waals surface area contributed by atoms with E-state index < -0.39 is 0 Å². The summed E-state index contributed by atoms with van der Waals surface area (Å²) in [5.41, 5.74) is 9.04. The van der Waals surface area contributed by atoms with Gasteiger partial charge in [-0.2, -0.15) is 5.56 Å². The molecule has 0 aliphatic carbocycles. The Balaban J connectivity index is 0.00000351. The van der Waals surface area contributed by atoms with E-state index in [1.54, 1.807) is 0 Å². The van der Waals surface area contributed by atoms with Crippen LogP contribution in [0.1, 0.15) is 45.5 Å². The van der Waals surface area contributed by atoms with E-state index >= 15 is 0 Å². The fourth-order valence-electron chi connectivity index (χ4n) is 6.35. The Bertz CT molecular complexity index is 2260. The largest absolute Gasteiger partial charge is 2.00 e. The Labute approximate surface area is 288 Å². The molecule has 0 saturated carbocycles. The second-order valence-electron chi connectivity index (χ2n) is 11.9. The van der Waals surface area contributed by atoms with Crippen LogP contribution in [0.15, 0.2) is 126 Å². The minimum Gasteiger partial charge on any atom is -0.510 e. The average molecular weight is 793 g/mol. The Hall–Kier alpha value is -4.99. The van der Waals surface area contributed by atoms with Crippen molar-refractivity contribution in [1.29, 1.82) is 0 Å². The summed E-state index contributed by atoms with van der Waals surface area (Å²) in [5, 5.41) is 2.27. The van der Waals surface area contributed by atoms with Gasteiger partial charge in [0.1, 0.15) is 23.7 Å². The third kappa shape index (κ3) is 5.88. The number of hydrogen-bond acceptors (Lipinski definition) is 4. The van der Waals surface area contributed by atoms with Crippen molar-refractivity contribution in [2.45, 2.75) is 32.9 Å². The van der Waals surface area contributed by atoms with Crippen molar-refractivity contribution < 1.29 is 30.5 Å². The van der Waals surface area contributed by atoms with Gasteiger partial charge in [0, 0.05) is 28.5 Å². The van der Waals surface area contributed by atoms with Crippen molar-refractivity contribution in [3.63, 3.8) is 0 Å². The molecule has 0 radical (unpaired) electrons. The van der Waals surface area contributed by atoms with Crippen LogP contribution in [0.3, 0.4) is 0 Å². The molecule has 3 heterocycles. The molecule has 2 atom stereocenters. The first-order valence-corrected chi connectivity index (χ1v) is 15.5. The van der Waals surface area contributed by atoms with Crippen molar-refractivity contribution in [2.24, 2.45) is 4.99 Å². The molecular formula is C41H31N3O2Pt. The maximum Gasteiger partial charge on any atom is 2.00 e. The van der Waals surface area contributed by atoms with Gasteiger partial charge >= 0.3 is 21.1 Å². The van der Waals surface area contributed by atoms with E-state index in [1.807, 2.05) is 73.8 Å². The summed E-state index contributed by atoms with van der Waals surface area (Å²) >= 11 is 0. The molecule has 1 aliphatic heterocycles. The molecule has 5 nitrogen and oxygen atoms in total. The van der Waals surface area contributed by atoms with Crippen molar-refractivity contribution in [2.75, 3.05) is 0 Å². The number of hydrogen-bond donors (Lipinski definition) is 0. The van der Waals surface area contributed by atoms with E-state index in [9.17, 15) is 0 Å². The predicted octanol–water partition coefficient (Wildman–Crippen LogP) is 9.75.